The van der Waals surface area contributed by atoms with Crippen LogP contribution in [0.4, 0.5) is 0 Å². The number of likely N-dealkylation sites (tertiary alicyclic amines) is 1. The highest BCUT2D eigenvalue weighted by Gasteiger charge is 2.37. The Balaban J connectivity index is 1.92. The monoisotopic (exact) mass is 374 g/mol. The maximum absolute atomic E-state index is 12.3. The van der Waals surface area contributed by atoms with Crippen LogP contribution in [0, 0.1) is 5.92 Å². The van der Waals surface area contributed by atoms with E-state index in [0.29, 0.717) is 11.4 Å². The number of halogens is 1. The molecule has 0 bridgehead atoms. The molecule has 2 rings (SSSR count). The van der Waals surface area contributed by atoms with Gasteiger partial charge in [-0.1, -0.05) is 29.8 Å². The Morgan fingerprint density at radius 1 is 1.33 bits per heavy atom. The summed E-state index contributed by atoms with van der Waals surface area (Å²) in [6.45, 7) is 0.435. The average Bonchev–Trinajstić information content (AvgIpc) is 2.86. The molecule has 0 aromatic heterocycles. The van der Waals surface area contributed by atoms with E-state index in [2.05, 4.69) is 0 Å². The molecule has 0 aliphatic carbocycles. The quantitative estimate of drug-likeness (QED) is 0.805. The lowest BCUT2D eigenvalue weighted by Crippen LogP contribution is -2.33. The molecule has 1 aromatic rings. The highest BCUT2D eigenvalue weighted by Crippen LogP contribution is 2.22. The first-order valence-corrected chi connectivity index (χ1v) is 9.79. The number of carbonyl (C=O) groups is 1. The lowest BCUT2D eigenvalue weighted by Gasteiger charge is -2.18. The second kappa shape index (κ2) is 7.82. The van der Waals surface area contributed by atoms with Gasteiger partial charge in [0.1, 0.15) is 0 Å². The number of sulfonamides is 1. The number of aliphatic hydroxyl groups excluding tert-OH is 1. The topological polar surface area (TPSA) is 77.9 Å². The van der Waals surface area contributed by atoms with Crippen molar-refractivity contribution < 1.29 is 18.3 Å². The Hall–Kier alpha value is -1.15. The second-order valence-electron chi connectivity index (χ2n) is 6.28. The van der Waals surface area contributed by atoms with Crippen LogP contribution in [0.25, 0.3) is 0 Å². The van der Waals surface area contributed by atoms with Crippen molar-refractivity contribution in [2.24, 2.45) is 5.92 Å². The molecule has 1 saturated heterocycles. The molecule has 8 heteroatoms. The summed E-state index contributed by atoms with van der Waals surface area (Å²) in [6.07, 6.45) is -0.0148. The third-order valence-corrected chi connectivity index (χ3v) is 6.64. The van der Waals surface area contributed by atoms with E-state index in [9.17, 15) is 18.3 Å². The second-order valence-corrected chi connectivity index (χ2v) is 8.91. The summed E-state index contributed by atoms with van der Waals surface area (Å²) >= 11 is 6.08. The van der Waals surface area contributed by atoms with Gasteiger partial charge in [-0.05, 0) is 18.1 Å². The molecule has 0 unspecified atom stereocenters. The zero-order valence-corrected chi connectivity index (χ0v) is 15.4. The summed E-state index contributed by atoms with van der Waals surface area (Å²) in [5.74, 6) is -0.712. The van der Waals surface area contributed by atoms with E-state index >= 15 is 0 Å². The summed E-state index contributed by atoms with van der Waals surface area (Å²) < 4.78 is 25.0. The first-order valence-electron chi connectivity index (χ1n) is 7.80. The van der Waals surface area contributed by atoms with Gasteiger partial charge in [0.05, 0.1) is 11.9 Å². The molecule has 24 heavy (non-hydrogen) atoms. The van der Waals surface area contributed by atoms with Gasteiger partial charge in [0.2, 0.25) is 15.9 Å². The van der Waals surface area contributed by atoms with Crippen molar-refractivity contribution >= 4 is 27.5 Å². The highest BCUT2D eigenvalue weighted by atomic mass is 35.5. The van der Waals surface area contributed by atoms with Crippen molar-refractivity contribution in [3.63, 3.8) is 0 Å². The molecule has 1 amide bonds. The van der Waals surface area contributed by atoms with Crippen LogP contribution in [0.5, 0.6) is 0 Å². The molecule has 1 aliphatic heterocycles. The van der Waals surface area contributed by atoms with Gasteiger partial charge in [-0.2, -0.15) is 0 Å². The normalized spacial score (nSPS) is 21.5. The zero-order chi connectivity index (χ0) is 17.9. The third-order valence-electron chi connectivity index (χ3n) is 4.31. The van der Waals surface area contributed by atoms with Crippen molar-refractivity contribution in [2.75, 3.05) is 32.9 Å². The van der Waals surface area contributed by atoms with Gasteiger partial charge in [0, 0.05) is 44.5 Å². The van der Waals surface area contributed by atoms with Crippen molar-refractivity contribution in [3.8, 4) is 0 Å². The molecule has 1 heterocycles. The first-order chi connectivity index (χ1) is 11.2. The van der Waals surface area contributed by atoms with Crippen molar-refractivity contribution in [1.82, 2.24) is 9.21 Å². The number of amides is 1. The zero-order valence-electron chi connectivity index (χ0n) is 13.9. The maximum Gasteiger partial charge on any atom is 0.223 e. The number of aliphatic hydroxyl groups is 1. The van der Waals surface area contributed by atoms with Crippen LogP contribution in [0.3, 0.4) is 0 Å². The molecule has 0 saturated carbocycles. The molecule has 0 spiro atoms. The van der Waals surface area contributed by atoms with E-state index in [-0.39, 0.29) is 31.2 Å². The van der Waals surface area contributed by atoms with Crippen molar-refractivity contribution in [3.05, 3.63) is 34.9 Å². The van der Waals surface area contributed by atoms with Crippen LogP contribution in [0.2, 0.25) is 5.02 Å². The lowest BCUT2D eigenvalue weighted by molar-refractivity contribution is -0.130. The predicted molar refractivity (Wildman–Crippen MR) is 93.3 cm³/mol. The number of aryl methyl sites for hydroxylation is 1. The fourth-order valence-electron chi connectivity index (χ4n) is 2.74. The third kappa shape index (κ3) is 4.69. The van der Waals surface area contributed by atoms with E-state index in [4.69, 9.17) is 11.6 Å². The standard InChI is InChI=1S/C16H23ClN2O4S/c1-18(2)24(22,23)11-13-9-19(10-15(13)20)16(21)8-7-12-5-3-4-6-14(12)17/h3-6,13,15,20H,7-11H2,1-2H3/t13-,15+/m0/s1. The minimum atomic E-state index is -3.41. The van der Waals surface area contributed by atoms with Gasteiger partial charge < -0.3 is 10.0 Å². The van der Waals surface area contributed by atoms with Crippen LogP contribution < -0.4 is 0 Å². The van der Waals surface area contributed by atoms with Gasteiger partial charge in [0.15, 0.2) is 0 Å². The highest BCUT2D eigenvalue weighted by molar-refractivity contribution is 7.89. The van der Waals surface area contributed by atoms with Gasteiger partial charge in [-0.25, -0.2) is 12.7 Å². The summed E-state index contributed by atoms with van der Waals surface area (Å²) in [5, 5.41) is 10.7. The molecule has 134 valence electrons. The lowest BCUT2D eigenvalue weighted by atomic mass is 10.1. The van der Waals surface area contributed by atoms with Gasteiger partial charge in [0.25, 0.3) is 0 Å². The molecular formula is C16H23ClN2O4S. The van der Waals surface area contributed by atoms with Crippen LogP contribution in [0.1, 0.15) is 12.0 Å². The number of rotatable bonds is 6. The van der Waals surface area contributed by atoms with Crippen molar-refractivity contribution in [2.45, 2.75) is 18.9 Å². The Kier molecular flexibility index (Phi) is 6.25. The van der Waals surface area contributed by atoms with Crippen molar-refractivity contribution in [1.29, 1.82) is 0 Å². The Bertz CT molecular complexity index is 693. The van der Waals surface area contributed by atoms with Crippen LogP contribution in [-0.2, 0) is 21.2 Å². The van der Waals surface area contributed by atoms with Gasteiger partial charge >= 0.3 is 0 Å². The molecule has 1 fully saturated rings. The minimum Gasteiger partial charge on any atom is -0.391 e. The molecule has 1 N–H and O–H groups in total. The summed E-state index contributed by atoms with van der Waals surface area (Å²) in [6, 6.07) is 7.36. The SMILES string of the molecule is CN(C)S(=O)(=O)C[C@@H]1CN(C(=O)CCc2ccccc2Cl)C[C@H]1O. The smallest absolute Gasteiger partial charge is 0.223 e. The number of carbonyl (C=O) groups excluding carboxylic acids is 1. The minimum absolute atomic E-state index is 0.0984. The summed E-state index contributed by atoms with van der Waals surface area (Å²) in [5.41, 5.74) is 0.902. The first kappa shape index (κ1) is 19.2. The molecule has 1 aliphatic rings. The van der Waals surface area contributed by atoms with E-state index in [1.165, 1.54) is 19.0 Å². The summed E-state index contributed by atoms with van der Waals surface area (Å²) in [4.78, 5) is 13.9. The predicted octanol–water partition coefficient (Wildman–Crippen LogP) is 0.983. The van der Waals surface area contributed by atoms with E-state index < -0.39 is 22.0 Å². The Morgan fingerprint density at radius 2 is 2.00 bits per heavy atom. The molecule has 2 atom stereocenters. The number of nitrogens with zero attached hydrogens (tertiary/aromatic N) is 2. The van der Waals surface area contributed by atoms with Crippen LogP contribution >= 0.6 is 11.6 Å². The fourth-order valence-corrected chi connectivity index (χ4v) is 4.14. The summed E-state index contributed by atoms with van der Waals surface area (Å²) in [7, 11) is -0.484. The molecule has 6 nitrogen and oxygen atoms in total. The molecule has 1 aromatic carbocycles. The average molecular weight is 375 g/mol. The van der Waals surface area contributed by atoms with Gasteiger partial charge in [-0.15, -0.1) is 0 Å². The number of benzene rings is 1. The Labute approximate surface area is 148 Å². The van der Waals surface area contributed by atoms with E-state index in [1.807, 2.05) is 18.2 Å². The largest absolute Gasteiger partial charge is 0.391 e. The van der Waals surface area contributed by atoms with Crippen LogP contribution in [-0.4, -0.2) is 67.7 Å². The maximum atomic E-state index is 12.3. The Morgan fingerprint density at radius 3 is 2.62 bits per heavy atom. The molecule has 0 radical (unpaired) electrons. The van der Waals surface area contributed by atoms with E-state index in [1.54, 1.807) is 6.07 Å². The number of hydrogen-bond donors (Lipinski definition) is 1. The van der Waals surface area contributed by atoms with Gasteiger partial charge in [-0.3, -0.25) is 4.79 Å². The van der Waals surface area contributed by atoms with E-state index in [0.717, 1.165) is 9.87 Å². The molecular weight excluding hydrogens is 352 g/mol. The number of β-amino-alcohol motifs (C(OH)–C–C–N with tert-alkyl or cyclic N) is 1. The van der Waals surface area contributed by atoms with Crippen LogP contribution in [0.15, 0.2) is 24.3 Å². The fraction of sp³-hybridized carbons (Fsp3) is 0.562. The number of hydrogen-bond acceptors (Lipinski definition) is 4.